The van der Waals surface area contributed by atoms with Gasteiger partial charge in [-0.3, -0.25) is 0 Å². The van der Waals surface area contributed by atoms with Crippen LogP contribution >= 0.6 is 11.6 Å². The summed E-state index contributed by atoms with van der Waals surface area (Å²) in [6, 6.07) is 2.62. The summed E-state index contributed by atoms with van der Waals surface area (Å²) < 4.78 is 83.8. The lowest BCUT2D eigenvalue weighted by Gasteiger charge is -2.41. The fraction of sp³-hybridized carbons (Fsp3) is 0.444. The Morgan fingerprint density at radius 3 is 2.45 bits per heavy atom. The predicted molar refractivity (Wildman–Crippen MR) is 94.0 cm³/mol. The molecule has 13 heteroatoms. The molecule has 1 aliphatic carbocycles. The lowest BCUT2D eigenvalue weighted by molar-refractivity contribution is -0.263. The molecule has 0 aromatic heterocycles. The number of hydrogen-bond acceptors (Lipinski definition) is 5. The van der Waals surface area contributed by atoms with Crippen LogP contribution in [0.2, 0.25) is 5.02 Å². The van der Waals surface area contributed by atoms with E-state index >= 15 is 0 Å². The molecule has 0 spiro atoms. The summed E-state index contributed by atoms with van der Waals surface area (Å²) in [7, 11) is 0. The summed E-state index contributed by atoms with van der Waals surface area (Å²) >= 11 is 5.84. The number of nitrogens with two attached hydrogens (primary N) is 1. The number of hydrogen-bond donors (Lipinski definition) is 1. The van der Waals surface area contributed by atoms with Crippen LogP contribution in [-0.4, -0.2) is 37.5 Å². The number of fused-ring (bicyclic) bond motifs is 1. The van der Waals surface area contributed by atoms with Gasteiger partial charge >= 0.3 is 30.0 Å². The minimum absolute atomic E-state index is 0.244. The topological polar surface area (TPSA) is 78.6 Å². The third-order valence-electron chi connectivity index (χ3n) is 4.61. The van der Waals surface area contributed by atoms with Crippen molar-refractivity contribution in [2.24, 2.45) is 11.7 Å². The molecule has 1 saturated carbocycles. The van der Waals surface area contributed by atoms with Crippen LogP contribution in [0.5, 0.6) is 0 Å². The zero-order chi connectivity index (χ0) is 23.2. The van der Waals surface area contributed by atoms with Gasteiger partial charge in [-0.1, -0.05) is 17.5 Å². The molecule has 1 aliphatic heterocycles. The first kappa shape index (κ1) is 23.2. The van der Waals surface area contributed by atoms with Crippen molar-refractivity contribution in [2.45, 2.75) is 30.8 Å². The molecule has 1 fully saturated rings. The molecule has 0 bridgehead atoms. The van der Waals surface area contributed by atoms with Crippen molar-refractivity contribution < 1.29 is 45.5 Å². The third-order valence-corrected chi connectivity index (χ3v) is 4.84. The van der Waals surface area contributed by atoms with Crippen LogP contribution in [-0.2, 0) is 20.0 Å². The maximum Gasteiger partial charge on any atom is 0.567 e. The number of amides is 1. The van der Waals surface area contributed by atoms with E-state index < -0.39 is 59.0 Å². The quantitative estimate of drug-likeness (QED) is 0.410. The first-order valence-corrected chi connectivity index (χ1v) is 9.17. The minimum atomic E-state index is -5.54. The molecule has 3 rings (SSSR count). The second-order valence-corrected chi connectivity index (χ2v) is 7.32. The van der Waals surface area contributed by atoms with Gasteiger partial charge in [-0.15, -0.1) is 0 Å². The van der Waals surface area contributed by atoms with E-state index in [1.807, 2.05) is 5.92 Å². The van der Waals surface area contributed by atoms with E-state index in [0.717, 1.165) is 18.2 Å². The van der Waals surface area contributed by atoms with E-state index in [0.29, 0.717) is 12.8 Å². The maximum absolute atomic E-state index is 14.2. The smallest absolute Gasteiger partial charge is 0.382 e. The van der Waals surface area contributed by atoms with Crippen molar-refractivity contribution in [1.82, 2.24) is 4.65 Å². The molecule has 1 aromatic carbocycles. The van der Waals surface area contributed by atoms with E-state index in [4.69, 9.17) is 17.3 Å². The highest BCUT2D eigenvalue weighted by molar-refractivity contribution is 6.30. The summed E-state index contributed by atoms with van der Waals surface area (Å²) in [5.41, 5.74) is 0.231. The minimum Gasteiger partial charge on any atom is -0.382 e. The Labute approximate surface area is 176 Å². The highest BCUT2D eigenvalue weighted by atomic mass is 35.5. The molecule has 1 heterocycles. The number of benzene rings is 1. The molecule has 31 heavy (non-hydrogen) atoms. The van der Waals surface area contributed by atoms with Gasteiger partial charge in [0, 0.05) is 28.2 Å². The van der Waals surface area contributed by atoms with Crippen LogP contribution in [0.4, 0.5) is 36.8 Å². The first-order chi connectivity index (χ1) is 14.3. The van der Waals surface area contributed by atoms with E-state index in [1.165, 1.54) is 0 Å². The van der Waals surface area contributed by atoms with E-state index in [9.17, 15) is 35.9 Å². The number of alkyl halides is 6. The summed E-state index contributed by atoms with van der Waals surface area (Å²) in [6.07, 6.45) is -11.7. The summed E-state index contributed by atoms with van der Waals surface area (Å²) in [5.74, 6) is 1.15. The van der Waals surface area contributed by atoms with E-state index in [-0.39, 0.29) is 10.9 Å². The molecule has 0 radical (unpaired) electrons. The van der Waals surface area contributed by atoms with Crippen LogP contribution in [0.15, 0.2) is 18.2 Å². The molecule has 2 N–H and O–H groups in total. The van der Waals surface area contributed by atoms with Gasteiger partial charge in [-0.25, -0.2) is 9.63 Å². The Bertz CT molecular complexity index is 982. The lowest BCUT2D eigenvalue weighted by Crippen LogP contribution is -2.65. The van der Waals surface area contributed by atoms with Crippen molar-refractivity contribution in [2.75, 3.05) is 13.1 Å². The van der Waals surface area contributed by atoms with Gasteiger partial charge in [0.05, 0.1) is 5.56 Å². The van der Waals surface area contributed by atoms with Crippen molar-refractivity contribution in [3.8, 4) is 11.8 Å². The molecule has 2 unspecified atom stereocenters. The first-order valence-electron chi connectivity index (χ1n) is 8.79. The third kappa shape index (κ3) is 4.05. The van der Waals surface area contributed by atoms with Gasteiger partial charge in [0.15, 0.2) is 5.69 Å². The van der Waals surface area contributed by atoms with E-state index in [2.05, 4.69) is 15.5 Å². The van der Waals surface area contributed by atoms with Crippen molar-refractivity contribution >= 4 is 29.4 Å². The number of quaternary nitrogens is 1. The van der Waals surface area contributed by atoms with Crippen LogP contribution in [0.3, 0.4) is 0 Å². The zero-order valence-corrected chi connectivity index (χ0v) is 16.2. The molecular formula is C18H14ClF6N2O4+. The highest BCUT2D eigenvalue weighted by Gasteiger charge is 2.70. The number of ether oxygens (including phenoxy) is 1. The Kier molecular flexibility index (Phi) is 5.67. The van der Waals surface area contributed by atoms with E-state index in [1.54, 1.807) is 0 Å². The number of halogens is 7. The Morgan fingerprint density at radius 1 is 1.29 bits per heavy atom. The number of cyclic esters (lactones) is 1. The van der Waals surface area contributed by atoms with Crippen LogP contribution in [0, 0.1) is 17.8 Å². The Morgan fingerprint density at radius 2 is 1.94 bits per heavy atom. The van der Waals surface area contributed by atoms with Crippen LogP contribution in [0.25, 0.3) is 0 Å². The van der Waals surface area contributed by atoms with Gasteiger partial charge in [0.2, 0.25) is 0 Å². The average molecular weight is 472 g/mol. The largest absolute Gasteiger partial charge is 0.567 e. The number of rotatable bonds is 3. The number of hydroxylamine groups is 2. The molecule has 1 aromatic rings. The van der Waals surface area contributed by atoms with Crippen molar-refractivity contribution in [1.29, 1.82) is 0 Å². The monoisotopic (exact) mass is 471 g/mol. The van der Waals surface area contributed by atoms with Crippen molar-refractivity contribution in [3.05, 3.63) is 28.8 Å². The number of carbonyl (C=O) groups is 2. The normalized spacial score (nSPS) is 25.7. The van der Waals surface area contributed by atoms with Gasteiger partial charge in [-0.05, 0) is 30.9 Å². The molecule has 168 valence electrons. The molecule has 0 saturated heterocycles. The van der Waals surface area contributed by atoms with Gasteiger partial charge in [0.1, 0.15) is 6.54 Å². The summed E-state index contributed by atoms with van der Waals surface area (Å²) in [4.78, 5) is 28.7. The predicted octanol–water partition coefficient (Wildman–Crippen LogP) is 3.95. The van der Waals surface area contributed by atoms with Gasteiger partial charge < -0.3 is 10.5 Å². The number of nitrogens with zero attached hydrogens (tertiary/aromatic N) is 1. The fourth-order valence-electron chi connectivity index (χ4n) is 2.99. The molecular weight excluding hydrogens is 458 g/mol. The van der Waals surface area contributed by atoms with Crippen molar-refractivity contribution in [3.63, 3.8) is 0 Å². The zero-order valence-electron chi connectivity index (χ0n) is 15.4. The highest BCUT2D eigenvalue weighted by Crippen LogP contribution is 2.52. The standard InChI is InChI=1S/C18H14ClF6N2O4/c19-11-3-4-13-12(9-11)16(18(23,24)25,6-5-10-1-2-10)30-15(29)27(13,8-7-26)31-14(28)17(20,21)22/h3-4,9-10H,1-2,7-8,26H2/q+1. The van der Waals surface area contributed by atoms with Crippen LogP contribution < -0.4 is 10.4 Å². The Balaban J connectivity index is 2.29. The average Bonchev–Trinajstić information content (AvgIpc) is 3.46. The van der Waals surface area contributed by atoms with Gasteiger partial charge in [0.25, 0.3) is 0 Å². The molecule has 6 nitrogen and oxygen atoms in total. The number of carbonyl (C=O) groups excluding carboxylic acids is 2. The summed E-state index contributed by atoms with van der Waals surface area (Å²) in [5, 5.41) is -0.244. The van der Waals surface area contributed by atoms with Gasteiger partial charge in [-0.2, -0.15) is 31.1 Å². The molecule has 2 aliphatic rings. The molecule has 2 atom stereocenters. The molecule has 1 amide bonds. The maximum atomic E-state index is 14.2. The second-order valence-electron chi connectivity index (χ2n) is 6.88. The summed E-state index contributed by atoms with van der Waals surface area (Å²) in [6.45, 7) is -1.38. The SMILES string of the molecule is NCC[N+]1(OC(=O)C(F)(F)F)C(=O)OC(C#CC2CC2)(C(F)(F)F)c2cc(Cl)ccc21. The fourth-order valence-corrected chi connectivity index (χ4v) is 3.16. The second kappa shape index (κ2) is 7.58. The lowest BCUT2D eigenvalue weighted by atomic mass is 9.89. The van der Waals surface area contributed by atoms with Crippen LogP contribution in [0.1, 0.15) is 18.4 Å². The Hall–Kier alpha value is -2.49.